The van der Waals surface area contributed by atoms with E-state index >= 15 is 0 Å². The molecule has 0 aromatic carbocycles. The van der Waals surface area contributed by atoms with E-state index in [4.69, 9.17) is 10.8 Å². The molecule has 62 valence electrons. The van der Waals surface area contributed by atoms with Crippen LogP contribution in [0.3, 0.4) is 0 Å². The molecule has 1 aromatic rings. The second-order valence-corrected chi connectivity index (χ2v) is 4.21. The van der Waals surface area contributed by atoms with Crippen LogP contribution in [-0.2, 0) is 0 Å². The largest absolute Gasteiger partial charge is 0.395 e. The average molecular weight is 190 g/mol. The first-order valence-electron chi connectivity index (χ1n) is 3.21. The van der Waals surface area contributed by atoms with Crippen LogP contribution >= 0.6 is 23.1 Å². The van der Waals surface area contributed by atoms with Gasteiger partial charge in [-0.25, -0.2) is 4.98 Å². The van der Waals surface area contributed by atoms with Gasteiger partial charge < -0.3 is 10.8 Å². The number of hydrogen-bond acceptors (Lipinski definition) is 5. The molecular weight excluding hydrogens is 180 g/mol. The van der Waals surface area contributed by atoms with Crippen molar-refractivity contribution in [2.24, 2.45) is 5.73 Å². The highest BCUT2D eigenvalue weighted by atomic mass is 32.2. The zero-order valence-electron chi connectivity index (χ0n) is 5.93. The van der Waals surface area contributed by atoms with E-state index in [1.165, 1.54) is 0 Å². The van der Waals surface area contributed by atoms with E-state index in [2.05, 4.69) is 4.98 Å². The number of thioether (sulfide) groups is 1. The van der Waals surface area contributed by atoms with E-state index in [9.17, 15) is 0 Å². The zero-order chi connectivity index (χ0) is 8.10. The fourth-order valence-electron chi connectivity index (χ4n) is 0.513. The predicted molar refractivity (Wildman–Crippen MR) is 47.9 cm³/mol. The molecule has 0 saturated heterocycles. The van der Waals surface area contributed by atoms with Crippen LogP contribution in [0.25, 0.3) is 0 Å². The normalized spacial score (nSPS) is 13.3. The number of aromatic nitrogens is 1. The molecule has 11 heavy (non-hydrogen) atoms. The van der Waals surface area contributed by atoms with Crippen molar-refractivity contribution in [3.63, 3.8) is 0 Å². The molecule has 0 aliphatic heterocycles. The van der Waals surface area contributed by atoms with Crippen molar-refractivity contribution in [3.8, 4) is 0 Å². The summed E-state index contributed by atoms with van der Waals surface area (Å²) in [4.78, 5) is 4.07. The number of thiazole rings is 1. The first-order chi connectivity index (χ1) is 5.33. The SMILES string of the molecule is NC(CO)CSc1nccs1. The van der Waals surface area contributed by atoms with Gasteiger partial charge in [-0.05, 0) is 0 Å². The Morgan fingerprint density at radius 1 is 1.82 bits per heavy atom. The molecule has 0 aliphatic rings. The van der Waals surface area contributed by atoms with Gasteiger partial charge in [-0.1, -0.05) is 11.8 Å². The van der Waals surface area contributed by atoms with Gasteiger partial charge in [-0.15, -0.1) is 11.3 Å². The molecule has 1 rings (SSSR count). The van der Waals surface area contributed by atoms with Crippen molar-refractivity contribution in [2.45, 2.75) is 10.4 Å². The molecule has 0 spiro atoms. The fraction of sp³-hybridized carbons (Fsp3) is 0.500. The molecule has 0 saturated carbocycles. The van der Waals surface area contributed by atoms with Gasteiger partial charge in [0.15, 0.2) is 0 Å². The number of aliphatic hydroxyl groups is 1. The van der Waals surface area contributed by atoms with Crippen LogP contribution in [0.4, 0.5) is 0 Å². The van der Waals surface area contributed by atoms with Crippen molar-refractivity contribution in [2.75, 3.05) is 12.4 Å². The van der Waals surface area contributed by atoms with Gasteiger partial charge in [0.05, 0.1) is 6.61 Å². The molecule has 1 unspecified atom stereocenters. The number of aliphatic hydroxyl groups excluding tert-OH is 1. The molecule has 1 atom stereocenters. The lowest BCUT2D eigenvalue weighted by molar-refractivity contribution is 0.275. The Kier molecular flexibility index (Phi) is 3.85. The number of rotatable bonds is 4. The molecule has 0 radical (unpaired) electrons. The van der Waals surface area contributed by atoms with Crippen LogP contribution in [0.5, 0.6) is 0 Å². The van der Waals surface area contributed by atoms with Gasteiger partial charge in [-0.3, -0.25) is 0 Å². The quantitative estimate of drug-likeness (QED) is 0.681. The second-order valence-electron chi connectivity index (χ2n) is 2.05. The van der Waals surface area contributed by atoms with E-state index in [1.54, 1.807) is 29.3 Å². The van der Waals surface area contributed by atoms with Gasteiger partial charge in [-0.2, -0.15) is 0 Å². The van der Waals surface area contributed by atoms with Gasteiger partial charge in [0.1, 0.15) is 4.34 Å². The molecule has 0 aliphatic carbocycles. The Labute approximate surface area is 73.6 Å². The zero-order valence-corrected chi connectivity index (χ0v) is 7.57. The summed E-state index contributed by atoms with van der Waals surface area (Å²) in [5.74, 6) is 0.726. The summed E-state index contributed by atoms with van der Waals surface area (Å²) in [6.45, 7) is 0.0401. The van der Waals surface area contributed by atoms with Crippen LogP contribution in [0.15, 0.2) is 15.9 Å². The topological polar surface area (TPSA) is 59.1 Å². The Morgan fingerprint density at radius 3 is 3.18 bits per heavy atom. The van der Waals surface area contributed by atoms with Gasteiger partial charge in [0.2, 0.25) is 0 Å². The third-order valence-corrected chi connectivity index (χ3v) is 3.22. The maximum atomic E-state index is 8.61. The highest BCUT2D eigenvalue weighted by molar-refractivity contribution is 8.01. The first kappa shape index (κ1) is 8.99. The summed E-state index contributed by atoms with van der Waals surface area (Å²) in [5.41, 5.74) is 5.50. The Balaban J connectivity index is 2.23. The van der Waals surface area contributed by atoms with Crippen LogP contribution in [0.2, 0.25) is 0 Å². The van der Waals surface area contributed by atoms with E-state index in [1.807, 2.05) is 5.38 Å². The lowest BCUT2D eigenvalue weighted by Gasteiger charge is -2.03. The smallest absolute Gasteiger partial charge is 0.149 e. The molecular formula is C6H10N2OS2. The van der Waals surface area contributed by atoms with Crippen LogP contribution in [0, 0.1) is 0 Å². The van der Waals surface area contributed by atoms with Crippen LogP contribution in [-0.4, -0.2) is 28.5 Å². The Morgan fingerprint density at radius 2 is 2.64 bits per heavy atom. The minimum absolute atomic E-state index is 0.0401. The maximum Gasteiger partial charge on any atom is 0.149 e. The van der Waals surface area contributed by atoms with E-state index in [-0.39, 0.29) is 12.6 Å². The van der Waals surface area contributed by atoms with Crippen molar-refractivity contribution >= 4 is 23.1 Å². The lowest BCUT2D eigenvalue weighted by atomic mass is 10.4. The summed E-state index contributed by atoms with van der Waals surface area (Å²) in [6.07, 6.45) is 1.76. The third-order valence-electron chi connectivity index (χ3n) is 1.07. The van der Waals surface area contributed by atoms with Crippen LogP contribution in [0.1, 0.15) is 0 Å². The average Bonchev–Trinajstić information content (AvgIpc) is 2.52. The summed E-state index contributed by atoms with van der Waals surface area (Å²) < 4.78 is 1.01. The van der Waals surface area contributed by atoms with E-state index < -0.39 is 0 Å². The summed E-state index contributed by atoms with van der Waals surface area (Å²) in [7, 11) is 0. The minimum Gasteiger partial charge on any atom is -0.395 e. The molecule has 3 N–H and O–H groups in total. The standard InChI is InChI=1S/C6H10N2OS2/c7-5(3-9)4-11-6-8-1-2-10-6/h1-2,5,9H,3-4,7H2. The maximum absolute atomic E-state index is 8.61. The minimum atomic E-state index is -0.135. The van der Waals surface area contributed by atoms with Crippen molar-refractivity contribution in [1.82, 2.24) is 4.98 Å². The molecule has 3 nitrogen and oxygen atoms in total. The van der Waals surface area contributed by atoms with E-state index in [0.29, 0.717) is 0 Å². The summed E-state index contributed by atoms with van der Waals surface area (Å²) >= 11 is 3.17. The molecule has 0 fully saturated rings. The molecule has 1 aromatic heterocycles. The van der Waals surface area contributed by atoms with Crippen LogP contribution < -0.4 is 5.73 Å². The number of hydrogen-bond donors (Lipinski definition) is 2. The number of nitrogens with zero attached hydrogens (tertiary/aromatic N) is 1. The highest BCUT2D eigenvalue weighted by Crippen LogP contribution is 2.20. The number of nitrogens with two attached hydrogens (primary N) is 1. The van der Waals surface area contributed by atoms with Crippen molar-refractivity contribution in [3.05, 3.63) is 11.6 Å². The van der Waals surface area contributed by atoms with Crippen molar-refractivity contribution in [1.29, 1.82) is 0 Å². The first-order valence-corrected chi connectivity index (χ1v) is 5.08. The fourth-order valence-corrected chi connectivity index (χ4v) is 2.11. The van der Waals surface area contributed by atoms with Gasteiger partial charge in [0, 0.05) is 23.4 Å². The summed E-state index contributed by atoms with van der Waals surface area (Å²) in [5, 5.41) is 10.5. The Hall–Kier alpha value is -0.100. The van der Waals surface area contributed by atoms with Crippen molar-refractivity contribution < 1.29 is 5.11 Å². The molecule has 0 amide bonds. The molecule has 0 bridgehead atoms. The predicted octanol–water partition coefficient (Wildman–Crippen LogP) is 0.555. The Bertz CT molecular complexity index is 190. The highest BCUT2D eigenvalue weighted by Gasteiger charge is 2.02. The summed E-state index contributed by atoms with van der Waals surface area (Å²) in [6, 6.07) is -0.135. The molecule has 1 heterocycles. The van der Waals surface area contributed by atoms with Gasteiger partial charge >= 0.3 is 0 Å². The third kappa shape index (κ3) is 3.20. The monoisotopic (exact) mass is 190 g/mol. The molecule has 5 heteroatoms. The lowest BCUT2D eigenvalue weighted by Crippen LogP contribution is -2.26. The van der Waals surface area contributed by atoms with E-state index in [0.717, 1.165) is 10.1 Å². The van der Waals surface area contributed by atoms with Gasteiger partial charge in [0.25, 0.3) is 0 Å². The second kappa shape index (κ2) is 4.71.